The Labute approximate surface area is 123 Å². The second kappa shape index (κ2) is 6.88. The van der Waals surface area contributed by atoms with Gasteiger partial charge >= 0.3 is 0 Å². The molecule has 0 unspecified atom stereocenters. The monoisotopic (exact) mass is 298 g/mol. The molecule has 1 aromatic heterocycles. The summed E-state index contributed by atoms with van der Waals surface area (Å²) in [5.74, 6) is 0.611. The van der Waals surface area contributed by atoms with Gasteiger partial charge in [-0.25, -0.2) is 4.98 Å². The summed E-state index contributed by atoms with van der Waals surface area (Å²) >= 11 is 6.27. The van der Waals surface area contributed by atoms with Gasteiger partial charge in [-0.3, -0.25) is 5.41 Å². The van der Waals surface area contributed by atoms with Gasteiger partial charge in [0.2, 0.25) is 0 Å². The summed E-state index contributed by atoms with van der Waals surface area (Å²) in [4.78, 5) is 6.37. The van der Waals surface area contributed by atoms with E-state index < -0.39 is 0 Å². The van der Waals surface area contributed by atoms with Crippen molar-refractivity contribution < 1.29 is 9.84 Å². The average Bonchev–Trinajstić information content (AvgIpc) is 2.46. The fourth-order valence-corrected chi connectivity index (χ4v) is 2.65. The molecule has 0 saturated carbocycles. The molecule has 4 N–H and O–H groups in total. The highest BCUT2D eigenvalue weighted by atomic mass is 35.5. The number of hydrogen-bond donors (Lipinski definition) is 3. The lowest BCUT2D eigenvalue weighted by Gasteiger charge is -2.33. The average molecular weight is 299 g/mol. The van der Waals surface area contributed by atoms with Crippen LogP contribution in [0.2, 0.25) is 5.02 Å². The number of pyridine rings is 1. The topological polar surface area (TPSA) is 95.5 Å². The van der Waals surface area contributed by atoms with Crippen molar-refractivity contribution in [2.24, 2.45) is 5.73 Å². The number of hydrogen-bond acceptors (Lipinski definition) is 5. The molecule has 0 radical (unpaired) electrons. The molecule has 6 nitrogen and oxygen atoms in total. The van der Waals surface area contributed by atoms with Gasteiger partial charge in [0.25, 0.3) is 0 Å². The summed E-state index contributed by atoms with van der Waals surface area (Å²) in [6, 6.07) is 1.64. The van der Waals surface area contributed by atoms with Crippen molar-refractivity contribution in [3.63, 3.8) is 0 Å². The Hall–Kier alpha value is -1.37. The Bertz CT molecular complexity index is 475. The first-order valence-corrected chi connectivity index (χ1v) is 6.97. The lowest BCUT2D eigenvalue weighted by atomic mass is 10.1. The van der Waals surface area contributed by atoms with Crippen LogP contribution in [0.5, 0.6) is 0 Å². The molecule has 7 heteroatoms. The molecule has 0 bridgehead atoms. The van der Waals surface area contributed by atoms with Crippen LogP contribution >= 0.6 is 11.6 Å². The molecule has 2 rings (SSSR count). The number of piperidine rings is 1. The number of nitrogens with zero attached hydrogens (tertiary/aromatic N) is 2. The molecule has 1 fully saturated rings. The number of nitrogen functional groups attached to an aromatic ring is 1. The van der Waals surface area contributed by atoms with E-state index in [2.05, 4.69) is 9.88 Å². The van der Waals surface area contributed by atoms with E-state index in [1.807, 2.05) is 0 Å². The molecule has 0 aromatic carbocycles. The first kappa shape index (κ1) is 15.0. The van der Waals surface area contributed by atoms with Gasteiger partial charge in [-0.1, -0.05) is 11.6 Å². The van der Waals surface area contributed by atoms with Gasteiger partial charge in [0.05, 0.1) is 24.3 Å². The number of aromatic nitrogens is 1. The van der Waals surface area contributed by atoms with Crippen molar-refractivity contribution >= 4 is 23.3 Å². The Morgan fingerprint density at radius 2 is 2.25 bits per heavy atom. The van der Waals surface area contributed by atoms with Crippen LogP contribution in [0.15, 0.2) is 12.3 Å². The highest BCUT2D eigenvalue weighted by Crippen LogP contribution is 2.29. The minimum atomic E-state index is -0.0557. The number of amidine groups is 1. The summed E-state index contributed by atoms with van der Waals surface area (Å²) in [7, 11) is 0. The zero-order valence-electron chi connectivity index (χ0n) is 11.2. The maximum atomic E-state index is 8.75. The van der Waals surface area contributed by atoms with E-state index in [-0.39, 0.29) is 18.5 Å². The second-order valence-electron chi connectivity index (χ2n) is 4.69. The maximum absolute atomic E-state index is 8.75. The molecular weight excluding hydrogens is 280 g/mol. The smallest absolute Gasteiger partial charge is 0.148 e. The zero-order valence-corrected chi connectivity index (χ0v) is 11.9. The van der Waals surface area contributed by atoms with E-state index in [0.717, 1.165) is 25.9 Å². The normalized spacial score (nSPS) is 16.4. The van der Waals surface area contributed by atoms with Crippen LogP contribution < -0.4 is 10.6 Å². The van der Waals surface area contributed by atoms with Gasteiger partial charge in [-0.15, -0.1) is 0 Å². The maximum Gasteiger partial charge on any atom is 0.148 e. The Morgan fingerprint density at radius 3 is 2.85 bits per heavy atom. The third-order valence-electron chi connectivity index (χ3n) is 3.35. The van der Waals surface area contributed by atoms with E-state index >= 15 is 0 Å². The van der Waals surface area contributed by atoms with Gasteiger partial charge in [0.15, 0.2) is 0 Å². The van der Waals surface area contributed by atoms with Crippen LogP contribution in [0.3, 0.4) is 0 Å². The van der Waals surface area contributed by atoms with Crippen molar-refractivity contribution in [2.75, 3.05) is 31.2 Å². The summed E-state index contributed by atoms with van der Waals surface area (Å²) in [6.07, 6.45) is 3.52. The summed E-state index contributed by atoms with van der Waals surface area (Å²) in [5.41, 5.74) is 6.01. The molecule has 1 aliphatic rings. The number of nitrogens with one attached hydrogen (secondary N) is 1. The highest BCUT2D eigenvalue weighted by Gasteiger charge is 2.23. The lowest BCUT2D eigenvalue weighted by molar-refractivity contribution is 0.0158. The molecule has 1 saturated heterocycles. The van der Waals surface area contributed by atoms with Crippen molar-refractivity contribution in [3.05, 3.63) is 22.8 Å². The standard InChI is InChI=1S/C13H19ClN4O2/c14-11-10(12(15)16)1-4-17-13(11)18-5-2-9(3-6-18)20-8-7-19/h1,4,9,19H,2-3,5-8H2,(H3,15,16). The number of aliphatic hydroxyl groups excluding tert-OH is 1. The van der Waals surface area contributed by atoms with Crippen LogP contribution in [0.4, 0.5) is 5.82 Å². The first-order valence-electron chi connectivity index (χ1n) is 6.59. The minimum absolute atomic E-state index is 0.0499. The van der Waals surface area contributed by atoms with E-state index in [9.17, 15) is 0 Å². The quantitative estimate of drug-likeness (QED) is 0.557. The zero-order chi connectivity index (χ0) is 14.5. The number of aliphatic hydroxyl groups is 1. The molecule has 1 aromatic rings. The van der Waals surface area contributed by atoms with Gasteiger partial charge in [-0.2, -0.15) is 0 Å². The second-order valence-corrected chi connectivity index (χ2v) is 5.07. The van der Waals surface area contributed by atoms with Crippen molar-refractivity contribution in [1.82, 2.24) is 4.98 Å². The number of nitrogens with two attached hydrogens (primary N) is 1. The number of halogens is 1. The van der Waals surface area contributed by atoms with Crippen molar-refractivity contribution in [1.29, 1.82) is 5.41 Å². The van der Waals surface area contributed by atoms with Crippen molar-refractivity contribution in [2.45, 2.75) is 18.9 Å². The Morgan fingerprint density at radius 1 is 1.55 bits per heavy atom. The Balaban J connectivity index is 2.04. The van der Waals surface area contributed by atoms with E-state index in [1.165, 1.54) is 0 Å². The first-order chi connectivity index (χ1) is 9.63. The van der Waals surface area contributed by atoms with Crippen LogP contribution in [-0.2, 0) is 4.74 Å². The fourth-order valence-electron chi connectivity index (χ4n) is 2.31. The third kappa shape index (κ3) is 3.39. The van der Waals surface area contributed by atoms with E-state index in [1.54, 1.807) is 12.3 Å². The van der Waals surface area contributed by atoms with Gasteiger partial charge in [-0.05, 0) is 18.9 Å². The van der Waals surface area contributed by atoms with Crippen molar-refractivity contribution in [3.8, 4) is 0 Å². The van der Waals surface area contributed by atoms with Crippen LogP contribution in [0, 0.1) is 5.41 Å². The molecule has 110 valence electrons. The van der Waals surface area contributed by atoms with E-state index in [0.29, 0.717) is 23.0 Å². The third-order valence-corrected chi connectivity index (χ3v) is 3.72. The molecule has 0 atom stereocenters. The Kier molecular flexibility index (Phi) is 5.17. The molecule has 20 heavy (non-hydrogen) atoms. The predicted octanol–water partition coefficient (Wildman–Crippen LogP) is 0.997. The molecule has 0 spiro atoms. The number of rotatable bonds is 5. The predicted molar refractivity (Wildman–Crippen MR) is 78.5 cm³/mol. The van der Waals surface area contributed by atoms with Crippen LogP contribution in [-0.4, -0.2) is 48.3 Å². The largest absolute Gasteiger partial charge is 0.394 e. The minimum Gasteiger partial charge on any atom is -0.394 e. The molecule has 2 heterocycles. The SMILES string of the molecule is N=C(N)c1ccnc(N2CCC(OCCO)CC2)c1Cl. The van der Waals surface area contributed by atoms with Gasteiger partial charge in [0.1, 0.15) is 11.7 Å². The van der Waals surface area contributed by atoms with Gasteiger partial charge < -0.3 is 20.5 Å². The summed E-state index contributed by atoms with van der Waals surface area (Å²) in [6.45, 7) is 1.99. The summed E-state index contributed by atoms with van der Waals surface area (Å²) < 4.78 is 5.52. The number of anilines is 1. The molecule has 1 aliphatic heterocycles. The van der Waals surface area contributed by atoms with Crippen LogP contribution in [0.25, 0.3) is 0 Å². The highest BCUT2D eigenvalue weighted by molar-refractivity contribution is 6.36. The molecule has 0 aliphatic carbocycles. The lowest BCUT2D eigenvalue weighted by Crippen LogP contribution is -2.38. The summed E-state index contributed by atoms with van der Waals surface area (Å²) in [5, 5.41) is 16.7. The molecular formula is C13H19ClN4O2. The van der Waals surface area contributed by atoms with Crippen LogP contribution in [0.1, 0.15) is 18.4 Å². The fraction of sp³-hybridized carbons (Fsp3) is 0.538. The van der Waals surface area contributed by atoms with Gasteiger partial charge in [0, 0.05) is 24.8 Å². The number of ether oxygens (including phenoxy) is 1. The van der Waals surface area contributed by atoms with E-state index in [4.69, 9.17) is 32.6 Å². The molecule has 0 amide bonds.